The molecule has 10 heteroatoms. The van der Waals surface area contributed by atoms with E-state index in [2.05, 4.69) is 20.4 Å². The fourth-order valence-electron chi connectivity index (χ4n) is 3.32. The van der Waals surface area contributed by atoms with Gasteiger partial charge in [-0.05, 0) is 30.5 Å². The zero-order valence-corrected chi connectivity index (χ0v) is 17.4. The third-order valence-electron chi connectivity index (χ3n) is 4.64. The number of thiazole rings is 1. The lowest BCUT2D eigenvalue weighted by Gasteiger charge is -2.07. The molecule has 0 atom stereocenters. The van der Waals surface area contributed by atoms with Crippen molar-refractivity contribution in [3.8, 4) is 10.6 Å². The lowest BCUT2D eigenvalue weighted by atomic mass is 10.1. The van der Waals surface area contributed by atoms with Crippen LogP contribution < -0.4 is 5.32 Å². The van der Waals surface area contributed by atoms with E-state index in [1.807, 2.05) is 24.4 Å². The number of anilines is 1. The van der Waals surface area contributed by atoms with Crippen LogP contribution in [0, 0.1) is 18.6 Å². The number of hydrogen-bond acceptors (Lipinski definition) is 6. The summed E-state index contributed by atoms with van der Waals surface area (Å²) in [5.74, 6) is -2.32. The predicted octanol–water partition coefficient (Wildman–Crippen LogP) is 5.15. The van der Waals surface area contributed by atoms with Crippen molar-refractivity contribution in [1.82, 2.24) is 19.7 Å². The average Bonchev–Trinajstić information content (AvgIpc) is 3.42. The third-order valence-corrected chi connectivity index (χ3v) is 6.46. The van der Waals surface area contributed by atoms with Crippen molar-refractivity contribution >= 4 is 55.0 Å². The molecule has 1 N–H and O–H groups in total. The van der Waals surface area contributed by atoms with E-state index in [0.717, 1.165) is 28.3 Å². The van der Waals surface area contributed by atoms with E-state index in [1.165, 1.54) is 11.3 Å². The van der Waals surface area contributed by atoms with Crippen LogP contribution in [-0.4, -0.2) is 25.7 Å². The van der Waals surface area contributed by atoms with Crippen LogP contribution in [-0.2, 0) is 7.05 Å². The van der Waals surface area contributed by atoms with Crippen LogP contribution in [0.5, 0.6) is 0 Å². The van der Waals surface area contributed by atoms with Gasteiger partial charge in [-0.15, -0.1) is 11.3 Å². The molecule has 0 fully saturated rings. The number of pyridine rings is 1. The second-order valence-corrected chi connectivity index (χ2v) is 8.63. The highest BCUT2D eigenvalue weighted by Gasteiger charge is 2.21. The maximum atomic E-state index is 13.5. The van der Waals surface area contributed by atoms with Gasteiger partial charge >= 0.3 is 0 Å². The molecule has 30 heavy (non-hydrogen) atoms. The number of hydrogen-bond donors (Lipinski definition) is 1. The quantitative estimate of drug-likeness (QED) is 0.421. The second-order valence-electron chi connectivity index (χ2n) is 6.65. The van der Waals surface area contributed by atoms with Crippen LogP contribution in [0.3, 0.4) is 0 Å². The first-order valence-electron chi connectivity index (χ1n) is 8.86. The van der Waals surface area contributed by atoms with Crippen LogP contribution in [0.25, 0.3) is 31.8 Å². The van der Waals surface area contributed by atoms with Gasteiger partial charge in [-0.1, -0.05) is 17.4 Å². The van der Waals surface area contributed by atoms with E-state index in [0.29, 0.717) is 32.7 Å². The standard InChI is InChI=1S/C20H13F2N5OS2/c1-9-17-10(6-13(15-4-3-5-29-15)23-18(17)27(2)26-9)19(28)25-20-24-14-7-11(21)12(22)8-16(14)30-20/h3-8H,1-2H3,(H,24,25,28). The number of amides is 1. The minimum absolute atomic E-state index is 0.254. The van der Waals surface area contributed by atoms with Gasteiger partial charge in [0, 0.05) is 13.1 Å². The minimum Gasteiger partial charge on any atom is -0.298 e. The van der Waals surface area contributed by atoms with Gasteiger partial charge in [-0.2, -0.15) is 5.10 Å². The van der Waals surface area contributed by atoms with Crippen molar-refractivity contribution in [1.29, 1.82) is 0 Å². The molecule has 0 unspecified atom stereocenters. The zero-order valence-electron chi connectivity index (χ0n) is 15.7. The van der Waals surface area contributed by atoms with Gasteiger partial charge in [-0.25, -0.2) is 18.7 Å². The fourth-order valence-corrected chi connectivity index (χ4v) is 4.87. The van der Waals surface area contributed by atoms with Crippen molar-refractivity contribution < 1.29 is 13.6 Å². The van der Waals surface area contributed by atoms with Crippen molar-refractivity contribution in [3.63, 3.8) is 0 Å². The Bertz CT molecular complexity index is 1400. The number of thiophene rings is 1. The fraction of sp³-hybridized carbons (Fsp3) is 0.100. The molecule has 0 saturated heterocycles. The van der Waals surface area contributed by atoms with E-state index in [4.69, 9.17) is 0 Å². The monoisotopic (exact) mass is 441 g/mol. The summed E-state index contributed by atoms with van der Waals surface area (Å²) in [6.07, 6.45) is 0. The number of rotatable bonds is 3. The molecule has 0 aliphatic rings. The van der Waals surface area contributed by atoms with Crippen molar-refractivity contribution in [2.24, 2.45) is 7.05 Å². The highest BCUT2D eigenvalue weighted by atomic mass is 32.1. The molecule has 0 aliphatic carbocycles. The molecule has 1 aromatic carbocycles. The molecule has 0 spiro atoms. The zero-order chi connectivity index (χ0) is 21.0. The summed E-state index contributed by atoms with van der Waals surface area (Å²) in [6, 6.07) is 7.66. The normalized spacial score (nSPS) is 11.5. The van der Waals surface area contributed by atoms with Gasteiger partial charge in [0.15, 0.2) is 22.4 Å². The van der Waals surface area contributed by atoms with E-state index in [9.17, 15) is 13.6 Å². The Hall–Kier alpha value is -3.24. The molecule has 4 heterocycles. The van der Waals surface area contributed by atoms with Crippen molar-refractivity contribution in [2.45, 2.75) is 6.92 Å². The summed E-state index contributed by atoms with van der Waals surface area (Å²) in [5.41, 5.74) is 2.63. The molecular weight excluding hydrogens is 428 g/mol. The Labute approximate surface area is 176 Å². The number of nitrogens with one attached hydrogen (secondary N) is 1. The Kier molecular flexibility index (Phi) is 4.33. The number of halogens is 2. The number of nitrogens with zero attached hydrogens (tertiary/aromatic N) is 4. The largest absolute Gasteiger partial charge is 0.298 e. The highest BCUT2D eigenvalue weighted by Crippen LogP contribution is 2.31. The van der Waals surface area contributed by atoms with Crippen LogP contribution in [0.4, 0.5) is 13.9 Å². The van der Waals surface area contributed by atoms with Gasteiger partial charge in [0.2, 0.25) is 0 Å². The van der Waals surface area contributed by atoms with Gasteiger partial charge < -0.3 is 0 Å². The van der Waals surface area contributed by atoms with E-state index < -0.39 is 17.5 Å². The van der Waals surface area contributed by atoms with Crippen LogP contribution in [0.1, 0.15) is 16.1 Å². The summed E-state index contributed by atoms with van der Waals surface area (Å²) < 4.78 is 29.0. The summed E-state index contributed by atoms with van der Waals surface area (Å²) >= 11 is 2.60. The molecular formula is C20H13F2N5OS2. The maximum Gasteiger partial charge on any atom is 0.258 e. The van der Waals surface area contributed by atoms with Crippen molar-refractivity contribution in [2.75, 3.05) is 5.32 Å². The average molecular weight is 441 g/mol. The molecule has 0 bridgehead atoms. The lowest BCUT2D eigenvalue weighted by molar-refractivity contribution is 0.102. The topological polar surface area (TPSA) is 72.7 Å². The van der Waals surface area contributed by atoms with Crippen LogP contribution in [0.15, 0.2) is 35.7 Å². The summed E-state index contributed by atoms with van der Waals surface area (Å²) in [6.45, 7) is 1.81. The van der Waals surface area contributed by atoms with E-state index >= 15 is 0 Å². The molecule has 0 saturated carbocycles. The molecule has 0 radical (unpaired) electrons. The minimum atomic E-state index is -0.979. The summed E-state index contributed by atoms with van der Waals surface area (Å²) in [7, 11) is 1.78. The molecule has 4 aromatic heterocycles. The SMILES string of the molecule is Cc1nn(C)c2nc(-c3cccs3)cc(C(=O)Nc3nc4cc(F)c(F)cc4s3)c12. The predicted molar refractivity (Wildman–Crippen MR) is 114 cm³/mol. The van der Waals surface area contributed by atoms with E-state index in [-0.39, 0.29) is 10.6 Å². The first-order chi connectivity index (χ1) is 14.4. The number of carbonyl (C=O) groups is 1. The Morgan fingerprint density at radius 2 is 1.97 bits per heavy atom. The number of benzene rings is 1. The molecule has 1 amide bonds. The van der Waals surface area contributed by atoms with Gasteiger partial charge in [0.1, 0.15) is 0 Å². The van der Waals surface area contributed by atoms with E-state index in [1.54, 1.807) is 17.8 Å². The number of carbonyl (C=O) groups excluding carboxylic acids is 1. The summed E-state index contributed by atoms with van der Waals surface area (Å²) in [5, 5.41) is 9.99. The molecule has 5 aromatic rings. The highest BCUT2D eigenvalue weighted by molar-refractivity contribution is 7.22. The Balaban J connectivity index is 1.60. The van der Waals surface area contributed by atoms with Gasteiger partial charge in [0.05, 0.1) is 37.4 Å². The Morgan fingerprint density at radius 3 is 2.73 bits per heavy atom. The first-order valence-corrected chi connectivity index (χ1v) is 10.6. The molecule has 0 aliphatic heterocycles. The molecule has 150 valence electrons. The van der Waals surface area contributed by atoms with Crippen LogP contribution in [0.2, 0.25) is 0 Å². The summed E-state index contributed by atoms with van der Waals surface area (Å²) in [4.78, 5) is 23.0. The van der Waals surface area contributed by atoms with Gasteiger partial charge in [0.25, 0.3) is 5.91 Å². The van der Waals surface area contributed by atoms with Crippen LogP contribution >= 0.6 is 22.7 Å². The second kappa shape index (κ2) is 6.92. The number of fused-ring (bicyclic) bond motifs is 2. The Morgan fingerprint density at radius 1 is 1.17 bits per heavy atom. The third kappa shape index (κ3) is 3.04. The number of aryl methyl sites for hydroxylation is 2. The van der Waals surface area contributed by atoms with Crippen molar-refractivity contribution in [3.05, 3.63) is 58.6 Å². The number of aromatic nitrogens is 4. The van der Waals surface area contributed by atoms with Gasteiger partial charge in [-0.3, -0.25) is 14.8 Å². The lowest BCUT2D eigenvalue weighted by Crippen LogP contribution is -2.13. The smallest absolute Gasteiger partial charge is 0.258 e. The maximum absolute atomic E-state index is 13.5. The molecule has 5 rings (SSSR count). The molecule has 6 nitrogen and oxygen atoms in total. The first kappa shape index (κ1) is 18.8.